The van der Waals surface area contributed by atoms with Crippen LogP contribution in [0, 0.1) is 0 Å². The van der Waals surface area contributed by atoms with Crippen molar-refractivity contribution in [2.75, 3.05) is 13.1 Å². The summed E-state index contributed by atoms with van der Waals surface area (Å²) in [7, 11) is 0. The Morgan fingerprint density at radius 1 is 1.52 bits per heavy atom. The van der Waals surface area contributed by atoms with E-state index in [-0.39, 0.29) is 18.0 Å². The first kappa shape index (κ1) is 16.9. The van der Waals surface area contributed by atoms with Crippen LogP contribution in [0.15, 0.2) is 15.9 Å². The van der Waals surface area contributed by atoms with Crippen LogP contribution >= 0.6 is 27.3 Å². The number of nitrogens with two attached hydrogens (primary N) is 1. The minimum absolute atomic E-state index is 0.0671. The molecule has 1 saturated heterocycles. The molecular weight excluding hydrogens is 350 g/mol. The number of amides is 1. The first-order valence-electron chi connectivity index (χ1n) is 7.53. The SMILES string of the molecule is CCC(N)C(c1ccc(Br)s1)N1CCC(NC(C)=O)CC1. The number of piperidine rings is 1. The molecule has 1 aromatic heterocycles. The van der Waals surface area contributed by atoms with Crippen molar-refractivity contribution in [1.29, 1.82) is 0 Å². The third kappa shape index (κ3) is 4.52. The average Bonchev–Trinajstić information content (AvgIpc) is 2.86. The van der Waals surface area contributed by atoms with Gasteiger partial charge in [0.05, 0.1) is 9.83 Å². The van der Waals surface area contributed by atoms with Crippen molar-refractivity contribution >= 4 is 33.2 Å². The lowest BCUT2D eigenvalue weighted by atomic mass is 9.97. The Bertz CT molecular complexity index is 471. The highest BCUT2D eigenvalue weighted by Crippen LogP contribution is 2.34. The second-order valence-electron chi connectivity index (χ2n) is 5.67. The van der Waals surface area contributed by atoms with E-state index in [0.29, 0.717) is 6.04 Å². The number of halogens is 1. The van der Waals surface area contributed by atoms with E-state index in [0.717, 1.165) is 36.1 Å². The lowest BCUT2D eigenvalue weighted by Crippen LogP contribution is -2.48. The minimum Gasteiger partial charge on any atom is -0.354 e. The molecule has 0 bridgehead atoms. The van der Waals surface area contributed by atoms with Crippen LogP contribution in [0.2, 0.25) is 0 Å². The molecule has 1 amide bonds. The highest BCUT2D eigenvalue weighted by atomic mass is 79.9. The van der Waals surface area contributed by atoms with E-state index >= 15 is 0 Å². The van der Waals surface area contributed by atoms with Gasteiger partial charge in [0.15, 0.2) is 0 Å². The van der Waals surface area contributed by atoms with Gasteiger partial charge in [0, 0.05) is 37.0 Å². The Kier molecular flexibility index (Phi) is 6.22. The summed E-state index contributed by atoms with van der Waals surface area (Å²) < 4.78 is 1.15. The Balaban J connectivity index is 2.04. The third-order valence-corrected chi connectivity index (χ3v) is 5.79. The molecule has 1 aromatic rings. The number of thiophene rings is 1. The van der Waals surface area contributed by atoms with Crippen molar-refractivity contribution in [3.8, 4) is 0 Å². The molecule has 2 atom stereocenters. The molecule has 1 aliphatic rings. The molecule has 118 valence electrons. The van der Waals surface area contributed by atoms with Crippen LogP contribution in [0.1, 0.15) is 44.0 Å². The van der Waals surface area contributed by atoms with E-state index in [9.17, 15) is 4.79 Å². The molecule has 0 aliphatic carbocycles. The number of likely N-dealkylation sites (tertiary alicyclic amines) is 1. The van der Waals surface area contributed by atoms with Crippen LogP contribution in [0.5, 0.6) is 0 Å². The zero-order chi connectivity index (χ0) is 15.4. The van der Waals surface area contributed by atoms with E-state index in [2.05, 4.69) is 45.2 Å². The highest BCUT2D eigenvalue weighted by molar-refractivity contribution is 9.11. The molecule has 1 fully saturated rings. The molecule has 4 nitrogen and oxygen atoms in total. The maximum absolute atomic E-state index is 11.2. The van der Waals surface area contributed by atoms with Gasteiger partial charge >= 0.3 is 0 Å². The van der Waals surface area contributed by atoms with Crippen LogP contribution in [0.25, 0.3) is 0 Å². The van der Waals surface area contributed by atoms with E-state index < -0.39 is 0 Å². The van der Waals surface area contributed by atoms with Gasteiger partial charge < -0.3 is 11.1 Å². The lowest BCUT2D eigenvalue weighted by Gasteiger charge is -2.39. The van der Waals surface area contributed by atoms with Crippen molar-refractivity contribution in [2.24, 2.45) is 5.73 Å². The topological polar surface area (TPSA) is 58.4 Å². The van der Waals surface area contributed by atoms with Gasteiger partial charge in [-0.05, 0) is 47.3 Å². The van der Waals surface area contributed by atoms with Crippen LogP contribution in [-0.2, 0) is 4.79 Å². The lowest BCUT2D eigenvalue weighted by molar-refractivity contribution is -0.120. The molecule has 6 heteroatoms. The fourth-order valence-corrected chi connectivity index (χ4v) is 4.62. The summed E-state index contributed by atoms with van der Waals surface area (Å²) in [5.74, 6) is 0.0671. The fraction of sp³-hybridized carbons (Fsp3) is 0.667. The van der Waals surface area contributed by atoms with Gasteiger partial charge in [-0.1, -0.05) is 6.92 Å². The summed E-state index contributed by atoms with van der Waals surface area (Å²) in [5, 5.41) is 3.03. The second-order valence-corrected chi connectivity index (χ2v) is 8.16. The maximum atomic E-state index is 11.2. The molecule has 0 spiro atoms. The summed E-state index contributed by atoms with van der Waals surface area (Å²) in [4.78, 5) is 15.0. The van der Waals surface area contributed by atoms with Gasteiger partial charge in [-0.15, -0.1) is 11.3 Å². The Labute approximate surface area is 139 Å². The molecule has 0 aromatic carbocycles. The fourth-order valence-electron chi connectivity index (χ4n) is 2.98. The van der Waals surface area contributed by atoms with Gasteiger partial charge in [-0.25, -0.2) is 0 Å². The molecule has 3 N–H and O–H groups in total. The van der Waals surface area contributed by atoms with E-state index in [1.807, 2.05) is 0 Å². The number of carbonyl (C=O) groups excluding carboxylic acids is 1. The monoisotopic (exact) mass is 373 g/mol. The zero-order valence-electron chi connectivity index (χ0n) is 12.6. The van der Waals surface area contributed by atoms with Gasteiger partial charge in [0.25, 0.3) is 0 Å². The number of nitrogens with one attached hydrogen (secondary N) is 1. The molecule has 21 heavy (non-hydrogen) atoms. The standard InChI is InChI=1S/C15H24BrN3OS/c1-3-12(17)15(13-4-5-14(16)21-13)19-8-6-11(7-9-19)18-10(2)20/h4-5,11-12,15H,3,6-9,17H2,1-2H3,(H,18,20). The number of hydrogen-bond donors (Lipinski definition) is 2. The normalized spacial score (nSPS) is 20.2. The van der Waals surface area contributed by atoms with E-state index in [1.165, 1.54) is 4.88 Å². The molecule has 0 saturated carbocycles. The number of carbonyl (C=O) groups is 1. The van der Waals surface area contributed by atoms with E-state index in [4.69, 9.17) is 5.73 Å². The van der Waals surface area contributed by atoms with Crippen LogP contribution in [0.3, 0.4) is 0 Å². The molecule has 2 heterocycles. The van der Waals surface area contributed by atoms with Crippen LogP contribution < -0.4 is 11.1 Å². The van der Waals surface area contributed by atoms with Crippen molar-refractivity contribution in [3.05, 3.63) is 20.8 Å². The molecular formula is C15H24BrN3OS. The van der Waals surface area contributed by atoms with Crippen molar-refractivity contribution in [3.63, 3.8) is 0 Å². The van der Waals surface area contributed by atoms with Gasteiger partial charge in [0.1, 0.15) is 0 Å². The first-order chi connectivity index (χ1) is 10.0. The zero-order valence-corrected chi connectivity index (χ0v) is 15.0. The summed E-state index contributed by atoms with van der Waals surface area (Å²) in [5.41, 5.74) is 6.38. The van der Waals surface area contributed by atoms with Crippen molar-refractivity contribution in [1.82, 2.24) is 10.2 Å². The average molecular weight is 374 g/mol. The van der Waals surface area contributed by atoms with E-state index in [1.54, 1.807) is 18.3 Å². The minimum atomic E-state index is 0.0671. The summed E-state index contributed by atoms with van der Waals surface area (Å²) in [6, 6.07) is 5.01. The number of hydrogen-bond acceptors (Lipinski definition) is 4. The van der Waals surface area contributed by atoms with Gasteiger partial charge in [-0.2, -0.15) is 0 Å². The second kappa shape index (κ2) is 7.72. The largest absolute Gasteiger partial charge is 0.354 e. The molecule has 1 aliphatic heterocycles. The van der Waals surface area contributed by atoms with Gasteiger partial charge in [0.2, 0.25) is 5.91 Å². The predicted octanol–water partition coefficient (Wildman–Crippen LogP) is 2.89. The summed E-state index contributed by atoms with van der Waals surface area (Å²) in [6.45, 7) is 5.70. The maximum Gasteiger partial charge on any atom is 0.217 e. The summed E-state index contributed by atoms with van der Waals surface area (Å²) in [6.07, 6.45) is 2.96. The van der Waals surface area contributed by atoms with Crippen molar-refractivity contribution in [2.45, 2.75) is 51.2 Å². The molecule has 2 unspecified atom stereocenters. The molecule has 0 radical (unpaired) electrons. The van der Waals surface area contributed by atoms with Gasteiger partial charge in [-0.3, -0.25) is 9.69 Å². The quantitative estimate of drug-likeness (QED) is 0.833. The summed E-state index contributed by atoms with van der Waals surface area (Å²) >= 11 is 5.31. The Morgan fingerprint density at radius 3 is 2.67 bits per heavy atom. The number of nitrogens with zero attached hydrogens (tertiary/aromatic N) is 1. The van der Waals surface area contributed by atoms with Crippen molar-refractivity contribution < 1.29 is 4.79 Å². The predicted molar refractivity (Wildman–Crippen MR) is 91.4 cm³/mol. The van der Waals surface area contributed by atoms with Crippen LogP contribution in [0.4, 0.5) is 0 Å². The smallest absolute Gasteiger partial charge is 0.217 e. The first-order valence-corrected chi connectivity index (χ1v) is 9.14. The third-order valence-electron chi connectivity index (χ3n) is 4.09. The Morgan fingerprint density at radius 2 is 2.19 bits per heavy atom. The Hall–Kier alpha value is -0.430. The number of rotatable bonds is 5. The highest BCUT2D eigenvalue weighted by Gasteiger charge is 2.30. The molecule has 2 rings (SSSR count). The van der Waals surface area contributed by atoms with Crippen LogP contribution in [-0.4, -0.2) is 36.0 Å².